The van der Waals surface area contributed by atoms with Crippen molar-refractivity contribution in [2.75, 3.05) is 24.6 Å². The highest BCUT2D eigenvalue weighted by Crippen LogP contribution is 2.53. The molecular formula is C31H43IN6O2SSi. The molecule has 0 saturated carbocycles. The Morgan fingerprint density at radius 3 is 2.62 bits per heavy atom. The minimum Gasteiger partial charge on any atom is -0.598 e. The number of hydrogen-bond acceptors (Lipinski definition) is 6. The second-order valence-electron chi connectivity index (χ2n) is 14.2. The van der Waals surface area contributed by atoms with E-state index in [-0.39, 0.29) is 16.2 Å². The fourth-order valence-electron chi connectivity index (χ4n) is 6.38. The molecule has 2 aliphatic rings. The molecule has 226 valence electrons. The molecule has 1 fully saturated rings. The van der Waals surface area contributed by atoms with E-state index in [1.54, 1.807) is 0 Å². The van der Waals surface area contributed by atoms with E-state index >= 15 is 0 Å². The zero-order chi connectivity index (χ0) is 29.9. The summed E-state index contributed by atoms with van der Waals surface area (Å²) in [6, 6.07) is 9.93. The van der Waals surface area contributed by atoms with Gasteiger partial charge in [0.1, 0.15) is 11.5 Å². The molecule has 1 aliphatic heterocycles. The Morgan fingerprint density at radius 1 is 1.17 bits per heavy atom. The van der Waals surface area contributed by atoms with Crippen molar-refractivity contribution >= 4 is 64.7 Å². The maximum absolute atomic E-state index is 13.3. The predicted molar refractivity (Wildman–Crippen MR) is 183 cm³/mol. The molecule has 3 aromatic heterocycles. The molecule has 4 heterocycles. The third-order valence-corrected chi connectivity index (χ3v) is 12.9. The summed E-state index contributed by atoms with van der Waals surface area (Å²) in [7, 11) is -1.15. The predicted octanol–water partition coefficient (Wildman–Crippen LogP) is 6.54. The SMILES string of the molecule is CC(C)(C)[S@@+]([O-])N[C@@H]1c2ccccc2CC12CCN(c1nc3c(c(I)cn3COCC[Si](C)(C)C)c3nccn13)CC2. The van der Waals surface area contributed by atoms with Crippen LogP contribution in [-0.4, -0.2) is 56.0 Å². The maximum atomic E-state index is 13.3. The first-order chi connectivity index (χ1) is 19.9. The van der Waals surface area contributed by atoms with E-state index in [4.69, 9.17) is 14.7 Å². The van der Waals surface area contributed by atoms with Crippen molar-refractivity contribution in [1.82, 2.24) is 23.7 Å². The third kappa shape index (κ3) is 5.77. The number of aromatic nitrogens is 4. The second kappa shape index (κ2) is 11.4. The number of nitrogens with one attached hydrogen (secondary N) is 1. The van der Waals surface area contributed by atoms with Gasteiger partial charge in [-0.3, -0.25) is 4.40 Å². The van der Waals surface area contributed by atoms with Crippen LogP contribution >= 0.6 is 22.6 Å². The molecule has 0 radical (unpaired) electrons. The number of piperidine rings is 1. The Bertz CT molecular complexity index is 1580. The van der Waals surface area contributed by atoms with Crippen molar-refractivity contribution in [3.63, 3.8) is 0 Å². The van der Waals surface area contributed by atoms with Gasteiger partial charge >= 0.3 is 0 Å². The van der Waals surface area contributed by atoms with Gasteiger partial charge in [-0.2, -0.15) is 4.98 Å². The lowest BCUT2D eigenvalue weighted by molar-refractivity contribution is 0.0898. The smallest absolute Gasteiger partial charge is 0.213 e. The number of anilines is 1. The zero-order valence-electron chi connectivity index (χ0n) is 25.6. The molecule has 1 saturated heterocycles. The lowest BCUT2D eigenvalue weighted by Crippen LogP contribution is -2.50. The number of imidazole rings is 1. The Hall–Kier alpha value is -1.64. The zero-order valence-corrected chi connectivity index (χ0v) is 29.6. The minimum atomic E-state index is -1.15. The van der Waals surface area contributed by atoms with Crippen LogP contribution in [0.5, 0.6) is 0 Å². The summed E-state index contributed by atoms with van der Waals surface area (Å²) in [6.45, 7) is 16.3. The minimum absolute atomic E-state index is 0.0268. The highest BCUT2D eigenvalue weighted by Gasteiger charge is 2.50. The number of fused-ring (bicyclic) bond motifs is 4. The Labute approximate surface area is 267 Å². The first-order valence-corrected chi connectivity index (χ1v) is 20.9. The summed E-state index contributed by atoms with van der Waals surface area (Å²) >= 11 is 1.25. The van der Waals surface area contributed by atoms with Gasteiger partial charge in [0, 0.05) is 66.7 Å². The molecular weight excluding hydrogens is 675 g/mol. The Balaban J connectivity index is 1.27. The van der Waals surface area contributed by atoms with Crippen LogP contribution in [0.1, 0.15) is 50.8 Å². The summed E-state index contributed by atoms with van der Waals surface area (Å²) in [6.07, 6.45) is 9.04. The highest BCUT2D eigenvalue weighted by molar-refractivity contribution is 14.1. The van der Waals surface area contributed by atoms with Gasteiger partial charge in [0.2, 0.25) is 5.95 Å². The normalized spacial score (nSPS) is 19.7. The largest absolute Gasteiger partial charge is 0.598 e. The average molecular weight is 719 g/mol. The van der Waals surface area contributed by atoms with Crippen molar-refractivity contribution in [1.29, 1.82) is 0 Å². The van der Waals surface area contributed by atoms with Gasteiger partial charge in [0.05, 0.1) is 11.4 Å². The van der Waals surface area contributed by atoms with Gasteiger partial charge < -0.3 is 18.8 Å². The van der Waals surface area contributed by atoms with Gasteiger partial charge in [0.15, 0.2) is 11.3 Å². The number of ether oxygens (including phenoxy) is 1. The lowest BCUT2D eigenvalue weighted by atomic mass is 9.73. The summed E-state index contributed by atoms with van der Waals surface area (Å²) < 4.78 is 28.1. The van der Waals surface area contributed by atoms with Crippen LogP contribution < -0.4 is 9.62 Å². The summed E-state index contributed by atoms with van der Waals surface area (Å²) in [5, 5.41) is 1.08. The van der Waals surface area contributed by atoms with Crippen molar-refractivity contribution in [3.05, 3.63) is 57.6 Å². The molecule has 4 aromatic rings. The van der Waals surface area contributed by atoms with Gasteiger partial charge in [0.25, 0.3) is 0 Å². The molecule has 42 heavy (non-hydrogen) atoms. The summed E-state index contributed by atoms with van der Waals surface area (Å²) in [5.41, 5.74) is 4.58. The summed E-state index contributed by atoms with van der Waals surface area (Å²) in [5.74, 6) is 0.931. The molecule has 1 aliphatic carbocycles. The molecule has 0 amide bonds. The van der Waals surface area contributed by atoms with Crippen LogP contribution in [0.15, 0.2) is 42.9 Å². The lowest BCUT2D eigenvalue weighted by Gasteiger charge is -2.44. The van der Waals surface area contributed by atoms with E-state index in [1.165, 1.54) is 11.1 Å². The van der Waals surface area contributed by atoms with Crippen molar-refractivity contribution in [2.24, 2.45) is 5.41 Å². The van der Waals surface area contributed by atoms with Crippen LogP contribution in [0.3, 0.4) is 0 Å². The Morgan fingerprint density at radius 2 is 1.90 bits per heavy atom. The molecule has 11 heteroatoms. The molecule has 1 spiro atoms. The molecule has 8 nitrogen and oxygen atoms in total. The van der Waals surface area contributed by atoms with Crippen LogP contribution in [-0.2, 0) is 29.3 Å². The number of nitrogens with zero attached hydrogens (tertiary/aromatic N) is 5. The van der Waals surface area contributed by atoms with E-state index in [2.05, 4.69) is 91.3 Å². The molecule has 6 rings (SSSR count). The maximum Gasteiger partial charge on any atom is 0.213 e. The Kier molecular flexibility index (Phi) is 8.23. The molecule has 0 bridgehead atoms. The van der Waals surface area contributed by atoms with E-state index in [1.807, 2.05) is 33.2 Å². The van der Waals surface area contributed by atoms with Gasteiger partial charge in [-0.1, -0.05) is 43.9 Å². The molecule has 1 N–H and O–H groups in total. The molecule has 0 unspecified atom stereocenters. The van der Waals surface area contributed by atoms with Crippen LogP contribution in [0.2, 0.25) is 25.7 Å². The highest BCUT2D eigenvalue weighted by atomic mass is 127. The van der Waals surface area contributed by atoms with E-state index in [9.17, 15) is 4.55 Å². The van der Waals surface area contributed by atoms with E-state index in [0.29, 0.717) is 6.73 Å². The third-order valence-electron chi connectivity index (χ3n) is 8.86. The van der Waals surface area contributed by atoms with Crippen molar-refractivity contribution < 1.29 is 9.29 Å². The van der Waals surface area contributed by atoms with Crippen LogP contribution in [0, 0.1) is 8.99 Å². The fourth-order valence-corrected chi connectivity index (χ4v) is 8.90. The quantitative estimate of drug-likeness (QED) is 0.0966. The number of rotatable bonds is 8. The first-order valence-electron chi connectivity index (χ1n) is 15.0. The van der Waals surface area contributed by atoms with Crippen molar-refractivity contribution in [2.45, 2.75) is 83.2 Å². The van der Waals surface area contributed by atoms with Gasteiger partial charge in [-0.25, -0.2) is 4.98 Å². The molecule has 1 aromatic carbocycles. The van der Waals surface area contributed by atoms with E-state index < -0.39 is 19.4 Å². The fraction of sp³-hybridized carbons (Fsp3) is 0.548. The summed E-state index contributed by atoms with van der Waals surface area (Å²) in [4.78, 5) is 12.5. The average Bonchev–Trinajstić information content (AvgIpc) is 3.61. The topological polar surface area (TPSA) is 82.7 Å². The monoisotopic (exact) mass is 718 g/mol. The molecule has 2 atom stereocenters. The van der Waals surface area contributed by atoms with Gasteiger partial charge in [-0.05, 0) is 79.8 Å². The second-order valence-corrected chi connectivity index (χ2v) is 23.0. The number of hydrogen-bond donors (Lipinski definition) is 1. The standard InChI is InChI=1S/C31H43IN6O2SSi/c1-30(2,3)41(39)35-26-23-10-8-7-9-22(23)19-31(26)11-14-36(15-12-31)29-34-28-25(27-33-13-16-38(27)29)24(32)20-37(28)21-40-17-18-42(4,5)6/h7-10,13,16,20,26,35H,11-12,14-15,17-19,21H2,1-6H3/t26-,41-/m1/s1. The number of halogens is 1. The number of benzene rings is 1. The first kappa shape index (κ1) is 30.4. The van der Waals surface area contributed by atoms with Crippen molar-refractivity contribution in [3.8, 4) is 0 Å². The van der Waals surface area contributed by atoms with Crippen LogP contribution in [0.25, 0.3) is 16.7 Å². The van der Waals surface area contributed by atoms with E-state index in [0.717, 1.165) is 71.2 Å². The van der Waals surface area contributed by atoms with Crippen LogP contribution in [0.4, 0.5) is 5.95 Å². The van der Waals surface area contributed by atoms with Gasteiger partial charge in [-0.15, -0.1) is 4.72 Å².